The van der Waals surface area contributed by atoms with E-state index >= 15 is 0 Å². The molecule has 1 aliphatic heterocycles. The summed E-state index contributed by atoms with van der Waals surface area (Å²) in [5, 5.41) is 15.7. The highest BCUT2D eigenvalue weighted by atomic mass is 19.3. The van der Waals surface area contributed by atoms with E-state index < -0.39 is 96.1 Å². The Hall–Kier alpha value is -2.93. The maximum Gasteiger partial charge on any atom is 0.405 e. The van der Waals surface area contributed by atoms with Crippen LogP contribution in [-0.4, -0.2) is 83.2 Å². The van der Waals surface area contributed by atoms with E-state index in [1.807, 2.05) is 0 Å². The first kappa shape index (κ1) is 30.3. The molecule has 1 heterocycles. The minimum absolute atomic E-state index is 0.199. The van der Waals surface area contributed by atoms with Gasteiger partial charge < -0.3 is 26.0 Å². The lowest BCUT2D eigenvalue weighted by Crippen LogP contribution is -2.59. The molecule has 1 spiro atoms. The number of ketones is 1. The number of likely N-dealkylation sites (tertiary alicyclic amines) is 1. The number of carboxylic acid groups (broad SMARTS) is 1. The Kier molecular flexibility index (Phi) is 8.55. The normalized spacial score (nSPS) is 22.0. The fourth-order valence-electron chi connectivity index (χ4n) is 4.98. The van der Waals surface area contributed by atoms with Crippen molar-refractivity contribution < 1.29 is 46.6 Å². The predicted octanol–water partition coefficient (Wildman–Crippen LogP) is 1.92. The Morgan fingerprint density at radius 2 is 1.62 bits per heavy atom. The third-order valence-corrected chi connectivity index (χ3v) is 6.70. The van der Waals surface area contributed by atoms with Crippen LogP contribution in [0.25, 0.3) is 0 Å². The quantitative estimate of drug-likeness (QED) is 0.261. The minimum atomic E-state index is -3.20. The summed E-state index contributed by atoms with van der Waals surface area (Å²) >= 11 is 0. The van der Waals surface area contributed by atoms with Crippen LogP contribution in [0, 0.1) is 10.8 Å². The van der Waals surface area contributed by atoms with Gasteiger partial charge in [-0.1, -0.05) is 20.8 Å². The molecule has 2 aliphatic rings. The molecule has 0 aromatic rings. The van der Waals surface area contributed by atoms with E-state index in [2.05, 4.69) is 16.0 Å². The average molecular weight is 539 g/mol. The molecule has 0 aromatic carbocycles. The Morgan fingerprint density at radius 3 is 2.05 bits per heavy atom. The zero-order chi connectivity index (χ0) is 28.6. The van der Waals surface area contributed by atoms with E-state index in [1.54, 1.807) is 20.8 Å². The van der Waals surface area contributed by atoms with Gasteiger partial charge in [-0.25, -0.2) is 22.4 Å². The Morgan fingerprint density at radius 1 is 1.05 bits per heavy atom. The fraction of sp³-hybridized carbons (Fsp3) is 0.783. The zero-order valence-electron chi connectivity index (χ0n) is 21.4. The van der Waals surface area contributed by atoms with Crippen LogP contribution in [0.3, 0.4) is 0 Å². The molecule has 1 aliphatic carbocycles. The predicted molar refractivity (Wildman–Crippen MR) is 122 cm³/mol. The summed E-state index contributed by atoms with van der Waals surface area (Å²) in [6.45, 7) is 5.08. The number of likely N-dealkylation sites (N-methyl/N-ethyl adjacent to an activating group) is 1. The number of hydrogen-bond acceptors (Lipinski definition) is 5. The van der Waals surface area contributed by atoms with Crippen LogP contribution >= 0.6 is 0 Å². The van der Waals surface area contributed by atoms with Gasteiger partial charge in [-0.2, -0.15) is 0 Å². The van der Waals surface area contributed by atoms with Crippen molar-refractivity contribution in [2.45, 2.75) is 89.8 Å². The van der Waals surface area contributed by atoms with E-state index in [0.717, 1.165) is 11.9 Å². The second-order valence-corrected chi connectivity index (χ2v) is 11.3. The molecular formula is C23H34F4N4O6. The van der Waals surface area contributed by atoms with Gasteiger partial charge in [-0.15, -0.1) is 0 Å². The van der Waals surface area contributed by atoms with Crippen LogP contribution < -0.4 is 16.0 Å². The van der Waals surface area contributed by atoms with Gasteiger partial charge in [0.1, 0.15) is 12.1 Å². The van der Waals surface area contributed by atoms with Crippen molar-refractivity contribution in [1.82, 2.24) is 20.9 Å². The first-order valence-corrected chi connectivity index (χ1v) is 11.8. The summed E-state index contributed by atoms with van der Waals surface area (Å²) < 4.78 is 54.6. The molecule has 3 atom stereocenters. The van der Waals surface area contributed by atoms with Gasteiger partial charge in [0.05, 0.1) is 6.04 Å². The number of rotatable bonds is 9. The van der Waals surface area contributed by atoms with Crippen LogP contribution in [-0.2, 0) is 19.2 Å². The summed E-state index contributed by atoms with van der Waals surface area (Å²) in [6, 6.07) is -4.37. The molecule has 0 aromatic heterocycles. The van der Waals surface area contributed by atoms with Gasteiger partial charge in [0.25, 0.3) is 5.91 Å². The summed E-state index contributed by atoms with van der Waals surface area (Å²) in [4.78, 5) is 63.5. The molecule has 0 radical (unpaired) electrons. The van der Waals surface area contributed by atoms with Crippen molar-refractivity contribution in [3.8, 4) is 0 Å². The Labute approximate surface area is 211 Å². The summed E-state index contributed by atoms with van der Waals surface area (Å²) in [5.41, 5.74) is -2.07. The van der Waals surface area contributed by atoms with Gasteiger partial charge in [0, 0.05) is 38.3 Å². The van der Waals surface area contributed by atoms with Gasteiger partial charge in [0.2, 0.25) is 29.4 Å². The fourth-order valence-corrected chi connectivity index (χ4v) is 4.98. The number of carbonyl (C=O) groups excluding carboxylic acids is 4. The van der Waals surface area contributed by atoms with Gasteiger partial charge in [-0.05, 0) is 25.2 Å². The SMILES string of the molecule is CNC(=O)C(=O)C(CCC(C)(F)F)NC(=O)C1CC2(CN1C(=O)C(NC(=O)O)C(C)(C)C)CC(F)(F)C2. The average Bonchev–Trinajstić information content (AvgIpc) is 3.10. The van der Waals surface area contributed by atoms with E-state index in [1.165, 1.54) is 0 Å². The number of carbonyl (C=O) groups is 5. The largest absolute Gasteiger partial charge is 0.465 e. The molecule has 4 amide bonds. The van der Waals surface area contributed by atoms with Crippen LogP contribution in [0.4, 0.5) is 22.4 Å². The van der Waals surface area contributed by atoms with Crippen LogP contribution in [0.1, 0.15) is 59.8 Å². The minimum Gasteiger partial charge on any atom is -0.465 e. The smallest absolute Gasteiger partial charge is 0.405 e. The number of halogens is 4. The van der Waals surface area contributed by atoms with Crippen LogP contribution in [0.5, 0.6) is 0 Å². The van der Waals surface area contributed by atoms with E-state index in [4.69, 9.17) is 0 Å². The zero-order valence-corrected chi connectivity index (χ0v) is 21.4. The second kappa shape index (κ2) is 10.4. The van der Waals surface area contributed by atoms with Crippen molar-refractivity contribution >= 4 is 29.6 Å². The first-order chi connectivity index (χ1) is 16.7. The molecule has 210 valence electrons. The molecule has 0 bridgehead atoms. The molecule has 10 nitrogen and oxygen atoms in total. The third-order valence-electron chi connectivity index (χ3n) is 6.70. The number of hydrogen-bond donors (Lipinski definition) is 4. The standard InChI is InChI=1S/C23H34F4N4O6/c1-20(2,3)15(30-19(36)37)18(35)31-11-22(9-23(26,27)10-22)8-13(31)16(33)29-12(6-7-21(4,24)25)14(32)17(34)28-5/h12-13,15,30H,6-11H2,1-5H3,(H,28,34)(H,29,33)(H,36,37). The first-order valence-electron chi connectivity index (χ1n) is 11.8. The Bertz CT molecular complexity index is 939. The van der Waals surface area contributed by atoms with Crippen molar-refractivity contribution in [3.63, 3.8) is 0 Å². The number of nitrogens with zero attached hydrogens (tertiary/aromatic N) is 1. The van der Waals surface area contributed by atoms with Gasteiger partial charge in [0.15, 0.2) is 0 Å². The van der Waals surface area contributed by atoms with Crippen molar-refractivity contribution in [2.75, 3.05) is 13.6 Å². The highest BCUT2D eigenvalue weighted by Crippen LogP contribution is 2.58. The molecule has 1 saturated carbocycles. The third kappa shape index (κ3) is 7.54. The van der Waals surface area contributed by atoms with Crippen molar-refractivity contribution in [3.05, 3.63) is 0 Å². The maximum absolute atomic E-state index is 13.8. The van der Waals surface area contributed by atoms with Crippen LogP contribution in [0.15, 0.2) is 0 Å². The maximum atomic E-state index is 13.8. The number of alkyl halides is 4. The lowest BCUT2D eigenvalue weighted by atomic mass is 9.65. The van der Waals surface area contributed by atoms with Crippen molar-refractivity contribution in [1.29, 1.82) is 0 Å². The number of Topliss-reactive ketones (excluding diaryl/α,β-unsaturated/α-hetero) is 1. The van der Waals surface area contributed by atoms with Gasteiger partial charge in [-0.3, -0.25) is 19.2 Å². The van der Waals surface area contributed by atoms with Crippen LogP contribution in [0.2, 0.25) is 0 Å². The second-order valence-electron chi connectivity index (χ2n) is 11.3. The molecule has 1 saturated heterocycles. The molecule has 4 N–H and O–H groups in total. The molecule has 2 fully saturated rings. The highest BCUT2D eigenvalue weighted by Gasteiger charge is 2.63. The molecule has 37 heavy (non-hydrogen) atoms. The summed E-state index contributed by atoms with van der Waals surface area (Å²) in [5.74, 6) is -10.3. The summed E-state index contributed by atoms with van der Waals surface area (Å²) in [6.07, 6.45) is -4.31. The lowest BCUT2D eigenvalue weighted by molar-refractivity contribution is -0.159. The molecule has 2 rings (SSSR count). The van der Waals surface area contributed by atoms with Crippen molar-refractivity contribution in [2.24, 2.45) is 10.8 Å². The Balaban J connectivity index is 2.37. The molecule has 14 heteroatoms. The monoisotopic (exact) mass is 538 g/mol. The topological polar surface area (TPSA) is 145 Å². The molecule has 3 unspecified atom stereocenters. The summed E-state index contributed by atoms with van der Waals surface area (Å²) in [7, 11) is 1.15. The number of amides is 4. The highest BCUT2D eigenvalue weighted by molar-refractivity contribution is 6.38. The van der Waals surface area contributed by atoms with E-state index in [9.17, 15) is 46.6 Å². The lowest BCUT2D eigenvalue weighted by Gasteiger charge is -2.44. The van der Waals surface area contributed by atoms with Gasteiger partial charge >= 0.3 is 6.09 Å². The van der Waals surface area contributed by atoms with E-state index in [0.29, 0.717) is 6.92 Å². The number of nitrogens with one attached hydrogen (secondary N) is 3. The van der Waals surface area contributed by atoms with E-state index in [-0.39, 0.29) is 13.0 Å². The molecular weight excluding hydrogens is 504 g/mol.